The predicted octanol–water partition coefficient (Wildman–Crippen LogP) is 5.17. The maximum absolute atomic E-state index is 10.9. The minimum absolute atomic E-state index is 0.373. The molecule has 0 aromatic heterocycles. The molecule has 4 saturated carbocycles. The molecule has 4 fully saturated rings. The maximum atomic E-state index is 10.9. The van der Waals surface area contributed by atoms with Crippen molar-refractivity contribution < 1.29 is 5.11 Å². The highest BCUT2D eigenvalue weighted by molar-refractivity contribution is 5.15. The average molecular weight is 290 g/mol. The van der Waals surface area contributed by atoms with Crippen molar-refractivity contribution in [3.8, 4) is 0 Å². The Labute approximate surface area is 130 Å². The van der Waals surface area contributed by atoms with E-state index in [0.717, 1.165) is 18.3 Å². The maximum Gasteiger partial charge on any atom is 0.0653 e. The Balaban J connectivity index is 1.73. The van der Waals surface area contributed by atoms with Crippen LogP contribution in [-0.2, 0) is 0 Å². The molecule has 4 rings (SSSR count). The fourth-order valence-electron chi connectivity index (χ4n) is 8.12. The lowest BCUT2D eigenvalue weighted by molar-refractivity contribution is -0.145. The Morgan fingerprint density at radius 3 is 2.38 bits per heavy atom. The molecule has 4 aliphatic rings. The zero-order valence-electron chi connectivity index (χ0n) is 14.5. The van der Waals surface area contributed by atoms with E-state index < -0.39 is 0 Å². The van der Waals surface area contributed by atoms with Gasteiger partial charge >= 0.3 is 0 Å². The molecular formula is C20H34O. The summed E-state index contributed by atoms with van der Waals surface area (Å²) in [5.41, 5.74) is 1.20. The van der Waals surface area contributed by atoms with Crippen molar-refractivity contribution in [1.82, 2.24) is 0 Å². The first-order valence-corrected chi connectivity index (χ1v) is 9.42. The fourth-order valence-corrected chi connectivity index (χ4v) is 8.12. The number of aliphatic hydroxyl groups is 1. The molecule has 0 unspecified atom stereocenters. The highest BCUT2D eigenvalue weighted by Gasteiger charge is 2.65. The SMILES string of the molecule is CC1(C)CCC[C@]2(C)[C@@H]1CC[C@]13C[C@H](CC[C@@H]12)[C@](C)(O)C3. The molecule has 0 heterocycles. The van der Waals surface area contributed by atoms with Gasteiger partial charge < -0.3 is 5.11 Å². The fraction of sp³-hybridized carbons (Fsp3) is 1.00. The first-order valence-electron chi connectivity index (χ1n) is 9.42. The molecule has 0 amide bonds. The predicted molar refractivity (Wildman–Crippen MR) is 87.0 cm³/mol. The van der Waals surface area contributed by atoms with Crippen LogP contribution in [0.15, 0.2) is 0 Å². The molecule has 1 heteroatoms. The van der Waals surface area contributed by atoms with Gasteiger partial charge in [-0.15, -0.1) is 0 Å². The van der Waals surface area contributed by atoms with Crippen molar-refractivity contribution in [1.29, 1.82) is 0 Å². The van der Waals surface area contributed by atoms with Crippen LogP contribution in [0.3, 0.4) is 0 Å². The van der Waals surface area contributed by atoms with Crippen LogP contribution in [0.1, 0.15) is 85.5 Å². The van der Waals surface area contributed by atoms with Crippen LogP contribution in [0, 0.1) is 34.0 Å². The van der Waals surface area contributed by atoms with Gasteiger partial charge in [0.1, 0.15) is 0 Å². The molecular weight excluding hydrogens is 256 g/mol. The third kappa shape index (κ3) is 1.79. The summed E-state index contributed by atoms with van der Waals surface area (Å²) in [6.07, 6.45) is 12.2. The van der Waals surface area contributed by atoms with Gasteiger partial charge in [0, 0.05) is 0 Å². The Hall–Kier alpha value is -0.0400. The lowest BCUT2D eigenvalue weighted by atomic mass is 9.41. The molecule has 0 radical (unpaired) electrons. The second-order valence-electron chi connectivity index (χ2n) is 10.4. The van der Waals surface area contributed by atoms with Gasteiger partial charge in [-0.2, -0.15) is 0 Å². The Morgan fingerprint density at radius 2 is 1.62 bits per heavy atom. The standard InChI is InChI=1S/C20H34O/c1-17(2)9-5-10-18(3)15(17)8-11-20-12-14(6-7-16(18)20)19(4,21)13-20/h14-16,21H,5-13H2,1-4H3/t14-,15+,16+,18+,19+,20+/m0/s1. The number of rotatable bonds is 0. The molecule has 6 atom stereocenters. The quantitative estimate of drug-likeness (QED) is 0.652. The summed E-state index contributed by atoms with van der Waals surface area (Å²) < 4.78 is 0. The van der Waals surface area contributed by atoms with E-state index in [-0.39, 0.29) is 5.60 Å². The zero-order valence-corrected chi connectivity index (χ0v) is 14.5. The van der Waals surface area contributed by atoms with Crippen molar-refractivity contribution in [2.24, 2.45) is 34.0 Å². The average Bonchev–Trinajstić information content (AvgIpc) is 2.53. The molecule has 0 saturated heterocycles. The van der Waals surface area contributed by atoms with E-state index in [0.29, 0.717) is 22.2 Å². The molecule has 1 N–H and O–H groups in total. The van der Waals surface area contributed by atoms with Gasteiger partial charge in [-0.3, -0.25) is 0 Å². The summed E-state index contributed by atoms with van der Waals surface area (Å²) in [6.45, 7) is 9.83. The summed E-state index contributed by atoms with van der Waals surface area (Å²) in [5.74, 6) is 2.38. The van der Waals surface area contributed by atoms with Crippen molar-refractivity contribution in [2.45, 2.75) is 91.1 Å². The number of fused-ring (bicyclic) bond motifs is 3. The molecule has 4 aliphatic carbocycles. The van der Waals surface area contributed by atoms with Crippen molar-refractivity contribution >= 4 is 0 Å². The zero-order chi connectivity index (χ0) is 15.1. The van der Waals surface area contributed by atoms with Gasteiger partial charge in [0.15, 0.2) is 0 Å². The second-order valence-corrected chi connectivity index (χ2v) is 10.4. The monoisotopic (exact) mass is 290 g/mol. The Bertz CT molecular complexity index is 451. The molecule has 120 valence electrons. The van der Waals surface area contributed by atoms with Crippen LogP contribution in [0.4, 0.5) is 0 Å². The summed E-state index contributed by atoms with van der Waals surface area (Å²) in [6, 6.07) is 0. The first kappa shape index (κ1) is 14.5. The van der Waals surface area contributed by atoms with E-state index in [1.165, 1.54) is 51.4 Å². The lowest BCUT2D eigenvalue weighted by Gasteiger charge is -2.64. The normalized spacial score (nSPS) is 58.4. The lowest BCUT2D eigenvalue weighted by Crippen LogP contribution is -2.55. The van der Waals surface area contributed by atoms with E-state index in [2.05, 4.69) is 27.7 Å². The molecule has 0 aromatic rings. The van der Waals surface area contributed by atoms with Gasteiger partial charge in [-0.1, -0.05) is 27.2 Å². The summed E-state index contributed by atoms with van der Waals surface area (Å²) in [7, 11) is 0. The molecule has 0 aromatic carbocycles. The smallest absolute Gasteiger partial charge is 0.0653 e. The van der Waals surface area contributed by atoms with Gasteiger partial charge in [0.25, 0.3) is 0 Å². The minimum Gasteiger partial charge on any atom is -0.390 e. The van der Waals surface area contributed by atoms with Gasteiger partial charge in [0.2, 0.25) is 0 Å². The Kier molecular flexibility index (Phi) is 2.82. The van der Waals surface area contributed by atoms with Crippen LogP contribution in [0.2, 0.25) is 0 Å². The van der Waals surface area contributed by atoms with E-state index >= 15 is 0 Å². The van der Waals surface area contributed by atoms with Crippen LogP contribution >= 0.6 is 0 Å². The Morgan fingerprint density at radius 1 is 0.857 bits per heavy atom. The topological polar surface area (TPSA) is 20.2 Å². The molecule has 1 nitrogen and oxygen atoms in total. The van der Waals surface area contributed by atoms with E-state index in [1.54, 1.807) is 0 Å². The minimum atomic E-state index is -0.373. The summed E-state index contributed by atoms with van der Waals surface area (Å²) in [5, 5.41) is 10.9. The molecule has 21 heavy (non-hydrogen) atoms. The van der Waals surface area contributed by atoms with Gasteiger partial charge in [-0.05, 0) is 92.3 Å². The van der Waals surface area contributed by atoms with Gasteiger partial charge in [-0.25, -0.2) is 0 Å². The number of hydrogen-bond donors (Lipinski definition) is 1. The van der Waals surface area contributed by atoms with Crippen LogP contribution in [0.5, 0.6) is 0 Å². The highest BCUT2D eigenvalue weighted by Crippen LogP contribution is 2.72. The second kappa shape index (κ2) is 4.08. The van der Waals surface area contributed by atoms with Crippen molar-refractivity contribution in [3.05, 3.63) is 0 Å². The van der Waals surface area contributed by atoms with Crippen molar-refractivity contribution in [2.75, 3.05) is 0 Å². The van der Waals surface area contributed by atoms with E-state index in [9.17, 15) is 5.11 Å². The van der Waals surface area contributed by atoms with Gasteiger partial charge in [0.05, 0.1) is 5.60 Å². The van der Waals surface area contributed by atoms with Crippen LogP contribution in [0.25, 0.3) is 0 Å². The highest BCUT2D eigenvalue weighted by atomic mass is 16.3. The van der Waals surface area contributed by atoms with Crippen LogP contribution < -0.4 is 0 Å². The van der Waals surface area contributed by atoms with E-state index in [1.807, 2.05) is 0 Å². The van der Waals surface area contributed by atoms with E-state index in [4.69, 9.17) is 0 Å². The van der Waals surface area contributed by atoms with Crippen molar-refractivity contribution in [3.63, 3.8) is 0 Å². The van der Waals surface area contributed by atoms with Crippen LogP contribution in [-0.4, -0.2) is 10.7 Å². The molecule has 1 spiro atoms. The number of hydrogen-bond acceptors (Lipinski definition) is 1. The molecule has 0 aliphatic heterocycles. The summed E-state index contributed by atoms with van der Waals surface area (Å²) >= 11 is 0. The molecule has 2 bridgehead atoms. The third-order valence-electron chi connectivity index (χ3n) is 8.79. The largest absolute Gasteiger partial charge is 0.390 e. The summed E-state index contributed by atoms with van der Waals surface area (Å²) in [4.78, 5) is 0. The third-order valence-corrected chi connectivity index (χ3v) is 8.79. The first-order chi connectivity index (χ1) is 9.70.